The third kappa shape index (κ3) is 12.6. The molecule has 12 heteroatoms. The van der Waals surface area contributed by atoms with E-state index in [1.54, 1.807) is 0 Å². The summed E-state index contributed by atoms with van der Waals surface area (Å²) in [5, 5.41) is 0. The minimum Gasteiger partial charge on any atom is -0.494 e. The summed E-state index contributed by atoms with van der Waals surface area (Å²) in [4.78, 5) is 7.89. The Morgan fingerprint density at radius 3 is 2.14 bits per heavy atom. The van der Waals surface area contributed by atoms with Gasteiger partial charge < -0.3 is 9.64 Å². The number of likely N-dealkylation sites (N-methyl/N-ethyl adjacent to an activating group) is 1. The lowest BCUT2D eigenvalue weighted by atomic mass is 9.96. The zero-order valence-electron chi connectivity index (χ0n) is 21.8. The summed E-state index contributed by atoms with van der Waals surface area (Å²) in [5.74, 6) is 1.02. The summed E-state index contributed by atoms with van der Waals surface area (Å²) in [6.07, 6.45) is 4.79. The average molecular weight is 575 g/mol. The number of piperazine rings is 1. The molecule has 2 aliphatic rings. The third-order valence-electron chi connectivity index (χ3n) is 5.69. The maximum absolute atomic E-state index is 9.19. The Bertz CT molecular complexity index is 1170. The van der Waals surface area contributed by atoms with Crippen molar-refractivity contribution in [1.29, 1.82) is 0 Å². The second kappa shape index (κ2) is 14.5. The molecule has 0 radical (unpaired) electrons. The van der Waals surface area contributed by atoms with Crippen molar-refractivity contribution in [1.82, 2.24) is 9.80 Å². The minimum atomic E-state index is -3.67. The van der Waals surface area contributed by atoms with Crippen LogP contribution in [-0.2, 0) is 26.7 Å². The molecule has 1 saturated heterocycles. The van der Waals surface area contributed by atoms with Crippen molar-refractivity contribution in [3.63, 3.8) is 0 Å². The molecule has 208 valence electrons. The Balaban J connectivity index is 0.000000412. The van der Waals surface area contributed by atoms with Crippen LogP contribution in [0.2, 0.25) is 0 Å². The van der Waals surface area contributed by atoms with Gasteiger partial charge in [-0.15, -0.1) is 0 Å². The Morgan fingerprint density at radius 2 is 1.54 bits per heavy atom. The summed E-state index contributed by atoms with van der Waals surface area (Å²) in [5.41, 5.74) is 2.91. The maximum atomic E-state index is 9.19. The molecule has 1 unspecified atom stereocenters. The fraction of sp³-hybridized carbons (Fsp3) is 0.520. The highest BCUT2D eigenvalue weighted by molar-refractivity contribution is 7.99. The Labute approximate surface area is 225 Å². The van der Waals surface area contributed by atoms with Crippen molar-refractivity contribution in [3.8, 4) is 5.75 Å². The number of hydrogen-bond acceptors (Lipinski definition) is 8. The Morgan fingerprint density at radius 1 is 0.946 bits per heavy atom. The van der Waals surface area contributed by atoms with Gasteiger partial charge in [0.25, 0.3) is 20.2 Å². The zero-order valence-corrected chi connectivity index (χ0v) is 24.3. The first kappa shape index (κ1) is 31.5. The van der Waals surface area contributed by atoms with Crippen LogP contribution in [0.3, 0.4) is 0 Å². The third-order valence-corrected chi connectivity index (χ3v) is 6.90. The van der Waals surface area contributed by atoms with Gasteiger partial charge in [0, 0.05) is 42.0 Å². The van der Waals surface area contributed by atoms with Crippen LogP contribution in [0.4, 0.5) is 0 Å². The van der Waals surface area contributed by atoms with E-state index in [1.165, 1.54) is 27.3 Å². The molecule has 2 aliphatic heterocycles. The summed E-state index contributed by atoms with van der Waals surface area (Å²) in [7, 11) is -5.11. The predicted octanol–water partition coefficient (Wildman–Crippen LogP) is 3.87. The van der Waals surface area contributed by atoms with Gasteiger partial charge in [0.1, 0.15) is 5.75 Å². The first-order chi connectivity index (χ1) is 17.2. The van der Waals surface area contributed by atoms with Crippen LogP contribution >= 0.6 is 11.8 Å². The first-order valence-electron chi connectivity index (χ1n) is 12.0. The van der Waals surface area contributed by atoms with Crippen LogP contribution < -0.4 is 4.74 Å². The van der Waals surface area contributed by atoms with E-state index in [1.807, 2.05) is 11.8 Å². The molecule has 0 spiro atoms. The van der Waals surface area contributed by atoms with Crippen LogP contribution in [0, 0.1) is 0 Å². The number of fused-ring (bicyclic) bond motifs is 2. The van der Waals surface area contributed by atoms with Crippen LogP contribution in [0.15, 0.2) is 52.3 Å². The predicted molar refractivity (Wildman–Crippen MR) is 148 cm³/mol. The number of hydrogen-bond donors (Lipinski definition) is 2. The molecular weight excluding hydrogens is 536 g/mol. The van der Waals surface area contributed by atoms with E-state index >= 15 is 0 Å². The molecule has 0 aromatic heterocycles. The maximum Gasteiger partial charge on any atom is 0.261 e. The van der Waals surface area contributed by atoms with Crippen molar-refractivity contribution >= 4 is 32.0 Å². The molecule has 2 aromatic carbocycles. The van der Waals surface area contributed by atoms with Gasteiger partial charge in [0.05, 0.1) is 19.1 Å². The smallest absolute Gasteiger partial charge is 0.261 e. The molecule has 9 nitrogen and oxygen atoms in total. The van der Waals surface area contributed by atoms with E-state index in [-0.39, 0.29) is 0 Å². The van der Waals surface area contributed by atoms with Gasteiger partial charge >= 0.3 is 0 Å². The zero-order chi connectivity index (χ0) is 27.6. The standard InChI is InChI=1S/C23H30N2OS.2CH4O3S/c1-3-4-15-26-19-9-10-23-20(17-19)21(25-13-11-24(2)12-14-25)16-18-7-5-6-8-22(18)27-23;2*1-5(2,3)4/h5-10,17,21H,3-4,11-16H2,1-2H3;2*1H3,(H,2,3,4). The van der Waals surface area contributed by atoms with E-state index in [9.17, 15) is 16.8 Å². The van der Waals surface area contributed by atoms with E-state index in [2.05, 4.69) is 66.2 Å². The number of ether oxygens (including phenoxy) is 1. The summed E-state index contributed by atoms with van der Waals surface area (Å²) in [6.45, 7) is 7.57. The molecule has 0 bridgehead atoms. The number of unbranched alkanes of at least 4 members (excludes halogenated alkanes) is 1. The second-order valence-electron chi connectivity index (χ2n) is 9.14. The molecule has 2 N–H and O–H groups in total. The second-order valence-corrected chi connectivity index (χ2v) is 13.2. The highest BCUT2D eigenvalue weighted by atomic mass is 32.2. The molecule has 1 fully saturated rings. The van der Waals surface area contributed by atoms with Gasteiger partial charge in [-0.1, -0.05) is 43.3 Å². The molecule has 0 amide bonds. The molecular formula is C25H38N2O7S3. The molecule has 0 aliphatic carbocycles. The van der Waals surface area contributed by atoms with Gasteiger partial charge in [-0.25, -0.2) is 0 Å². The molecule has 2 aromatic rings. The molecule has 4 rings (SSSR count). The summed E-state index contributed by atoms with van der Waals surface area (Å²) in [6, 6.07) is 16.1. The number of rotatable bonds is 5. The van der Waals surface area contributed by atoms with Crippen LogP contribution in [0.1, 0.15) is 36.9 Å². The molecule has 0 saturated carbocycles. The van der Waals surface area contributed by atoms with E-state index in [0.717, 1.165) is 51.4 Å². The monoisotopic (exact) mass is 574 g/mol. The van der Waals surface area contributed by atoms with E-state index in [4.69, 9.17) is 13.8 Å². The topological polar surface area (TPSA) is 124 Å². The fourth-order valence-corrected chi connectivity index (χ4v) is 5.09. The van der Waals surface area contributed by atoms with Crippen molar-refractivity contribution in [2.24, 2.45) is 0 Å². The fourth-order valence-electron chi connectivity index (χ4n) is 3.97. The summed E-state index contributed by atoms with van der Waals surface area (Å²) < 4.78 is 57.8. The highest BCUT2D eigenvalue weighted by Gasteiger charge is 2.29. The van der Waals surface area contributed by atoms with Crippen LogP contribution in [-0.4, -0.2) is 88.1 Å². The van der Waals surface area contributed by atoms with E-state index in [0.29, 0.717) is 18.6 Å². The van der Waals surface area contributed by atoms with Gasteiger partial charge in [0.15, 0.2) is 0 Å². The lowest BCUT2D eigenvalue weighted by molar-refractivity contribution is 0.109. The van der Waals surface area contributed by atoms with Gasteiger partial charge in [0.2, 0.25) is 0 Å². The van der Waals surface area contributed by atoms with Gasteiger partial charge in [-0.2, -0.15) is 16.8 Å². The van der Waals surface area contributed by atoms with Gasteiger partial charge in [-0.05, 0) is 55.3 Å². The lowest BCUT2D eigenvalue weighted by Gasteiger charge is -2.38. The Kier molecular flexibility index (Phi) is 12.3. The number of benzene rings is 2. The number of nitrogens with zero attached hydrogens (tertiary/aromatic N) is 2. The van der Waals surface area contributed by atoms with Crippen molar-refractivity contribution in [2.75, 3.05) is 52.3 Å². The average Bonchev–Trinajstić information content (AvgIpc) is 2.94. The molecule has 37 heavy (non-hydrogen) atoms. The van der Waals surface area contributed by atoms with Crippen LogP contribution in [0.25, 0.3) is 0 Å². The SMILES string of the molecule is CCCCOc1ccc2c(c1)C(N1CCN(C)CC1)Cc1ccccc1S2.CS(=O)(=O)O.CS(=O)(=O)O. The Hall–Kier alpha value is -1.67. The molecule has 2 heterocycles. The quantitative estimate of drug-likeness (QED) is 0.402. The minimum absolute atomic E-state index is 0.430. The highest BCUT2D eigenvalue weighted by Crippen LogP contribution is 2.44. The largest absolute Gasteiger partial charge is 0.494 e. The van der Waals surface area contributed by atoms with E-state index < -0.39 is 20.2 Å². The summed E-state index contributed by atoms with van der Waals surface area (Å²) >= 11 is 1.92. The van der Waals surface area contributed by atoms with Crippen molar-refractivity contribution < 1.29 is 30.7 Å². The normalized spacial score (nSPS) is 18.2. The van der Waals surface area contributed by atoms with Crippen molar-refractivity contribution in [3.05, 3.63) is 53.6 Å². The molecule has 1 atom stereocenters. The first-order valence-corrected chi connectivity index (χ1v) is 16.6. The lowest BCUT2D eigenvalue weighted by Crippen LogP contribution is -2.46. The van der Waals surface area contributed by atoms with Gasteiger partial charge in [-0.3, -0.25) is 14.0 Å². The van der Waals surface area contributed by atoms with Crippen LogP contribution in [0.5, 0.6) is 5.75 Å². The van der Waals surface area contributed by atoms with Crippen molar-refractivity contribution in [2.45, 2.75) is 42.0 Å².